The Labute approximate surface area is 199 Å². The van der Waals surface area contributed by atoms with Crippen LogP contribution in [0.2, 0.25) is 0 Å². The molecule has 0 saturated heterocycles. The van der Waals surface area contributed by atoms with Gasteiger partial charge in [-0.15, -0.1) is 0 Å². The minimum atomic E-state index is -0.444. The number of benzene rings is 1. The molecule has 1 saturated carbocycles. The average Bonchev–Trinajstić information content (AvgIpc) is 2.82. The molecule has 1 fully saturated rings. The Bertz CT molecular complexity index is 776. The lowest BCUT2D eigenvalue weighted by atomic mass is 9.80. The predicted octanol–water partition coefficient (Wildman–Crippen LogP) is 5.81. The van der Waals surface area contributed by atoms with Crippen LogP contribution in [-0.2, 0) is 27.2 Å². The maximum Gasteiger partial charge on any atom is 0.333 e. The van der Waals surface area contributed by atoms with E-state index in [1.807, 2.05) is 25.1 Å². The Morgan fingerprint density at radius 3 is 2.48 bits per heavy atom. The highest BCUT2D eigenvalue weighted by molar-refractivity contribution is 5.86. The van der Waals surface area contributed by atoms with E-state index in [-0.39, 0.29) is 31.0 Å². The maximum absolute atomic E-state index is 12.8. The van der Waals surface area contributed by atoms with E-state index in [0.717, 1.165) is 49.1 Å². The summed E-state index contributed by atoms with van der Waals surface area (Å²) in [5.41, 5.74) is 2.34. The normalized spacial score (nSPS) is 19.0. The topological polar surface area (TPSA) is 72.8 Å². The summed E-state index contributed by atoms with van der Waals surface area (Å²) in [6.45, 7) is 9.50. The molecular formula is C28H42O5. The molecule has 0 spiro atoms. The van der Waals surface area contributed by atoms with Gasteiger partial charge in [-0.1, -0.05) is 58.2 Å². The van der Waals surface area contributed by atoms with Gasteiger partial charge in [0.2, 0.25) is 0 Å². The van der Waals surface area contributed by atoms with E-state index in [2.05, 4.69) is 13.5 Å². The molecular weight excluding hydrogens is 416 g/mol. The van der Waals surface area contributed by atoms with E-state index in [1.54, 1.807) is 6.92 Å². The van der Waals surface area contributed by atoms with Gasteiger partial charge in [0.1, 0.15) is 5.75 Å². The number of carbonyl (C=O) groups is 2. The Kier molecular flexibility index (Phi) is 11.7. The van der Waals surface area contributed by atoms with Crippen LogP contribution < -0.4 is 4.74 Å². The van der Waals surface area contributed by atoms with Gasteiger partial charge in [-0.3, -0.25) is 4.79 Å². The fourth-order valence-electron chi connectivity index (χ4n) is 4.52. The first-order chi connectivity index (χ1) is 15.9. The predicted molar refractivity (Wildman–Crippen MR) is 131 cm³/mol. The van der Waals surface area contributed by atoms with Crippen molar-refractivity contribution < 1.29 is 24.2 Å². The number of carbonyl (C=O) groups excluding carboxylic acids is 2. The van der Waals surface area contributed by atoms with Crippen molar-refractivity contribution in [3.05, 3.63) is 41.5 Å². The number of aryl methyl sites for hydroxylation is 1. The number of hydrogen-bond acceptors (Lipinski definition) is 5. The minimum absolute atomic E-state index is 0.00132. The summed E-state index contributed by atoms with van der Waals surface area (Å²) >= 11 is 0. The van der Waals surface area contributed by atoms with E-state index in [1.165, 1.54) is 25.7 Å². The van der Waals surface area contributed by atoms with Gasteiger partial charge in [0.25, 0.3) is 0 Å². The van der Waals surface area contributed by atoms with E-state index in [9.17, 15) is 14.7 Å². The van der Waals surface area contributed by atoms with Crippen LogP contribution in [0.5, 0.6) is 5.75 Å². The fourth-order valence-corrected chi connectivity index (χ4v) is 4.52. The summed E-state index contributed by atoms with van der Waals surface area (Å²) < 4.78 is 11.0. The Balaban J connectivity index is 1.90. The number of unbranched alkanes of at least 4 members (excludes halogenated alkanes) is 2. The molecule has 0 aliphatic heterocycles. The molecule has 33 heavy (non-hydrogen) atoms. The van der Waals surface area contributed by atoms with Crippen molar-refractivity contribution in [2.24, 2.45) is 17.8 Å². The highest BCUT2D eigenvalue weighted by Crippen LogP contribution is 2.33. The number of aliphatic hydroxyl groups is 1. The molecule has 0 bridgehead atoms. The van der Waals surface area contributed by atoms with E-state index >= 15 is 0 Å². The van der Waals surface area contributed by atoms with Crippen LogP contribution in [-0.4, -0.2) is 30.3 Å². The summed E-state index contributed by atoms with van der Waals surface area (Å²) in [5.74, 6) is 0.646. The number of rotatable bonds is 13. The molecule has 1 aliphatic carbocycles. The van der Waals surface area contributed by atoms with Crippen LogP contribution in [0.4, 0.5) is 0 Å². The van der Waals surface area contributed by atoms with Gasteiger partial charge < -0.3 is 14.6 Å². The first-order valence-corrected chi connectivity index (χ1v) is 12.6. The van der Waals surface area contributed by atoms with Gasteiger partial charge in [-0.2, -0.15) is 0 Å². The molecule has 1 aromatic rings. The second-order valence-electron chi connectivity index (χ2n) is 9.56. The molecule has 184 valence electrons. The summed E-state index contributed by atoms with van der Waals surface area (Å²) in [6.07, 6.45) is 10.6. The molecule has 1 atom stereocenters. The molecule has 0 radical (unpaired) electrons. The lowest BCUT2D eigenvalue weighted by Gasteiger charge is -2.27. The molecule has 1 unspecified atom stereocenters. The lowest BCUT2D eigenvalue weighted by Crippen LogP contribution is -2.26. The van der Waals surface area contributed by atoms with Crippen LogP contribution >= 0.6 is 0 Å². The van der Waals surface area contributed by atoms with Crippen molar-refractivity contribution in [2.75, 3.05) is 13.2 Å². The zero-order valence-electron chi connectivity index (χ0n) is 20.7. The van der Waals surface area contributed by atoms with E-state index < -0.39 is 5.97 Å². The van der Waals surface area contributed by atoms with Gasteiger partial charge in [0.15, 0.2) is 0 Å². The first kappa shape index (κ1) is 27.1. The van der Waals surface area contributed by atoms with Crippen molar-refractivity contribution in [3.63, 3.8) is 0 Å². The van der Waals surface area contributed by atoms with Crippen LogP contribution in [0.25, 0.3) is 0 Å². The molecule has 0 aromatic heterocycles. The second-order valence-corrected chi connectivity index (χ2v) is 9.56. The Hall–Kier alpha value is -2.14. The standard InChI is InChI=1S/C28H42O5/c1-5-7-8-9-21-10-13-25(14-11-21)28(31)33-26-15-12-22(17-24(26)6-2)16-23(18-29)19-32-27(30)20(3)4/h12,15,17,21,23,25,29H,3,5-11,13-14,16,18-19H2,1-2,4H3. The number of hydrogen-bond donors (Lipinski definition) is 1. The van der Waals surface area contributed by atoms with Gasteiger partial charge in [0, 0.05) is 18.1 Å². The third kappa shape index (κ3) is 8.96. The molecule has 0 amide bonds. The van der Waals surface area contributed by atoms with Crippen molar-refractivity contribution in [1.29, 1.82) is 0 Å². The summed E-state index contributed by atoms with van der Waals surface area (Å²) in [7, 11) is 0. The van der Waals surface area contributed by atoms with Gasteiger partial charge in [-0.05, 0) is 68.6 Å². The van der Waals surface area contributed by atoms with Gasteiger partial charge >= 0.3 is 11.9 Å². The molecule has 1 aliphatic rings. The quantitative estimate of drug-likeness (QED) is 0.175. The molecule has 1 N–H and O–H groups in total. The highest BCUT2D eigenvalue weighted by atomic mass is 16.5. The Morgan fingerprint density at radius 2 is 1.88 bits per heavy atom. The smallest absolute Gasteiger partial charge is 0.333 e. The molecule has 1 aromatic carbocycles. The van der Waals surface area contributed by atoms with Gasteiger partial charge in [-0.25, -0.2) is 4.79 Å². The van der Waals surface area contributed by atoms with Gasteiger partial charge in [0.05, 0.1) is 12.5 Å². The third-order valence-electron chi connectivity index (χ3n) is 6.69. The van der Waals surface area contributed by atoms with Crippen LogP contribution in [0.1, 0.15) is 83.3 Å². The highest BCUT2D eigenvalue weighted by Gasteiger charge is 2.28. The van der Waals surface area contributed by atoms with Crippen molar-refractivity contribution >= 4 is 11.9 Å². The molecule has 5 nitrogen and oxygen atoms in total. The van der Waals surface area contributed by atoms with Crippen LogP contribution in [0.3, 0.4) is 0 Å². The molecule has 0 heterocycles. The van der Waals surface area contributed by atoms with Crippen LogP contribution in [0, 0.1) is 17.8 Å². The first-order valence-electron chi connectivity index (χ1n) is 12.6. The fraction of sp³-hybridized carbons (Fsp3) is 0.643. The molecule has 5 heteroatoms. The number of esters is 2. The third-order valence-corrected chi connectivity index (χ3v) is 6.69. The Morgan fingerprint density at radius 1 is 1.15 bits per heavy atom. The zero-order chi connectivity index (χ0) is 24.2. The number of ether oxygens (including phenoxy) is 2. The summed E-state index contributed by atoms with van der Waals surface area (Å²) in [6, 6.07) is 5.81. The summed E-state index contributed by atoms with van der Waals surface area (Å²) in [4.78, 5) is 24.4. The average molecular weight is 459 g/mol. The largest absolute Gasteiger partial charge is 0.462 e. The minimum Gasteiger partial charge on any atom is -0.462 e. The maximum atomic E-state index is 12.8. The zero-order valence-corrected chi connectivity index (χ0v) is 20.7. The van der Waals surface area contributed by atoms with Crippen molar-refractivity contribution in [1.82, 2.24) is 0 Å². The second kappa shape index (κ2) is 14.2. The van der Waals surface area contributed by atoms with E-state index in [0.29, 0.717) is 17.7 Å². The van der Waals surface area contributed by atoms with Crippen molar-refractivity contribution in [3.8, 4) is 5.75 Å². The summed E-state index contributed by atoms with van der Waals surface area (Å²) in [5, 5.41) is 9.68. The van der Waals surface area contributed by atoms with Crippen molar-refractivity contribution in [2.45, 2.75) is 85.0 Å². The SMILES string of the molecule is C=C(C)C(=O)OCC(CO)Cc1ccc(OC(=O)C2CCC(CCCCC)CC2)c(CC)c1. The number of aliphatic hydroxyl groups excluding tert-OH is 1. The van der Waals surface area contributed by atoms with E-state index in [4.69, 9.17) is 9.47 Å². The monoisotopic (exact) mass is 458 g/mol. The lowest BCUT2D eigenvalue weighted by molar-refractivity contribution is -0.141. The molecule has 2 rings (SSSR count). The van der Waals surface area contributed by atoms with Crippen LogP contribution in [0.15, 0.2) is 30.4 Å².